The fraction of sp³-hybridized carbons (Fsp3) is 0.174. The molecule has 0 radical (unpaired) electrons. The van der Waals surface area contributed by atoms with Gasteiger partial charge in [-0.15, -0.1) is 0 Å². The van der Waals surface area contributed by atoms with E-state index in [1.165, 1.54) is 6.33 Å². The van der Waals surface area contributed by atoms with E-state index >= 15 is 0 Å². The number of hydrogen-bond donors (Lipinski definition) is 1. The summed E-state index contributed by atoms with van der Waals surface area (Å²) in [5.74, 6) is 0.847. The lowest BCUT2D eigenvalue weighted by atomic mass is 10.0. The first-order chi connectivity index (χ1) is 15.7. The smallest absolute Gasteiger partial charge is 0.238 e. The van der Waals surface area contributed by atoms with Crippen molar-refractivity contribution in [2.45, 2.75) is 12.3 Å². The average molecular weight is 428 g/mol. The second-order valence-electron chi connectivity index (χ2n) is 7.36. The van der Waals surface area contributed by atoms with E-state index in [9.17, 15) is 9.59 Å². The average Bonchev–Trinajstić information content (AvgIpc) is 3.14. The van der Waals surface area contributed by atoms with Gasteiger partial charge in [0.25, 0.3) is 0 Å². The number of aliphatic imine (C=N–C) groups is 1. The molecule has 2 amide bonds. The van der Waals surface area contributed by atoms with E-state index in [4.69, 9.17) is 4.74 Å². The van der Waals surface area contributed by atoms with Gasteiger partial charge in [0.1, 0.15) is 29.6 Å². The summed E-state index contributed by atoms with van der Waals surface area (Å²) >= 11 is 0. The lowest BCUT2D eigenvalue weighted by Gasteiger charge is -2.30. The van der Waals surface area contributed by atoms with Crippen LogP contribution in [0.4, 0.5) is 17.3 Å². The van der Waals surface area contributed by atoms with Gasteiger partial charge < -0.3 is 19.9 Å². The summed E-state index contributed by atoms with van der Waals surface area (Å²) in [7, 11) is 0. The number of hydrogen-bond acceptors (Lipinski definition) is 7. The van der Waals surface area contributed by atoms with Crippen molar-refractivity contribution < 1.29 is 14.3 Å². The molecule has 1 aromatic heterocycles. The van der Waals surface area contributed by atoms with E-state index in [1.54, 1.807) is 54.1 Å². The fourth-order valence-corrected chi connectivity index (χ4v) is 3.70. The summed E-state index contributed by atoms with van der Waals surface area (Å²) in [6.45, 7) is 1.05. The Morgan fingerprint density at radius 1 is 1.06 bits per heavy atom. The molecule has 4 aliphatic rings. The van der Waals surface area contributed by atoms with Crippen molar-refractivity contribution in [1.29, 1.82) is 0 Å². The van der Waals surface area contributed by atoms with Gasteiger partial charge in [0.15, 0.2) is 0 Å². The van der Waals surface area contributed by atoms with Gasteiger partial charge in [-0.25, -0.2) is 9.97 Å². The molecule has 5 heterocycles. The highest BCUT2D eigenvalue weighted by Gasteiger charge is 2.35. The minimum absolute atomic E-state index is 0.00754. The summed E-state index contributed by atoms with van der Waals surface area (Å²) < 4.78 is 5.61. The van der Waals surface area contributed by atoms with Crippen LogP contribution in [0, 0.1) is 0 Å². The number of ether oxygens (including phenoxy) is 1. The molecule has 32 heavy (non-hydrogen) atoms. The molecule has 4 bridgehead atoms. The van der Waals surface area contributed by atoms with Crippen molar-refractivity contribution in [2.75, 3.05) is 23.3 Å². The van der Waals surface area contributed by atoms with Crippen LogP contribution in [0.25, 0.3) is 0 Å². The Morgan fingerprint density at radius 3 is 2.81 bits per heavy atom. The van der Waals surface area contributed by atoms with E-state index in [2.05, 4.69) is 20.3 Å². The third-order valence-corrected chi connectivity index (χ3v) is 5.31. The first kappa shape index (κ1) is 19.7. The van der Waals surface area contributed by atoms with E-state index in [-0.39, 0.29) is 18.2 Å². The van der Waals surface area contributed by atoms with Crippen molar-refractivity contribution >= 4 is 35.4 Å². The SMILES string of the molecule is O=C1Nc2ncnc3c2C1C=Nc1cccc(c1)OC=CC=CCC(=O)N1C=CN3CC1. The van der Waals surface area contributed by atoms with Crippen molar-refractivity contribution in [3.05, 3.63) is 73.0 Å². The Balaban J connectivity index is 1.56. The normalized spacial score (nSPS) is 19.8. The van der Waals surface area contributed by atoms with E-state index in [0.29, 0.717) is 41.7 Å². The van der Waals surface area contributed by atoms with Gasteiger partial charge in [0, 0.05) is 44.2 Å². The molecular formula is C23H20N6O3. The zero-order chi connectivity index (χ0) is 21.9. The number of nitrogens with zero attached hydrogens (tertiary/aromatic N) is 5. The van der Waals surface area contributed by atoms with Gasteiger partial charge in [-0.3, -0.25) is 14.6 Å². The van der Waals surface area contributed by atoms with Crippen LogP contribution in [-0.2, 0) is 9.59 Å². The number of carbonyl (C=O) groups is 2. The zero-order valence-electron chi connectivity index (χ0n) is 17.1. The van der Waals surface area contributed by atoms with Crippen molar-refractivity contribution in [3.8, 4) is 5.75 Å². The van der Waals surface area contributed by atoms with E-state index < -0.39 is 5.92 Å². The third-order valence-electron chi connectivity index (χ3n) is 5.31. The van der Waals surface area contributed by atoms with Crippen LogP contribution in [-0.4, -0.2) is 46.0 Å². The van der Waals surface area contributed by atoms with E-state index in [0.717, 1.165) is 0 Å². The van der Waals surface area contributed by atoms with Crippen LogP contribution in [0.3, 0.4) is 0 Å². The molecule has 160 valence electrons. The van der Waals surface area contributed by atoms with Gasteiger partial charge in [0.2, 0.25) is 11.8 Å². The minimum atomic E-state index is -0.634. The predicted octanol–water partition coefficient (Wildman–Crippen LogP) is 2.89. The number of rotatable bonds is 0. The topological polar surface area (TPSA) is 100 Å². The Labute approximate surface area is 184 Å². The number of aromatic nitrogens is 2. The van der Waals surface area contributed by atoms with Gasteiger partial charge in [-0.2, -0.15) is 0 Å². The monoisotopic (exact) mass is 428 g/mol. The molecule has 0 saturated heterocycles. The highest BCUT2D eigenvalue weighted by atomic mass is 16.5. The van der Waals surface area contributed by atoms with E-state index in [1.807, 2.05) is 23.1 Å². The zero-order valence-corrected chi connectivity index (χ0v) is 17.1. The molecule has 9 heteroatoms. The molecule has 1 atom stereocenters. The van der Waals surface area contributed by atoms with Gasteiger partial charge in [-0.05, 0) is 18.2 Å². The second kappa shape index (κ2) is 8.46. The third kappa shape index (κ3) is 3.87. The molecular weight excluding hydrogens is 408 g/mol. The highest BCUT2D eigenvalue weighted by molar-refractivity contribution is 6.13. The molecule has 0 aliphatic carbocycles. The fourth-order valence-electron chi connectivity index (χ4n) is 3.70. The van der Waals surface area contributed by atoms with Crippen LogP contribution in [0.15, 0.2) is 72.5 Å². The van der Waals surface area contributed by atoms with Crippen LogP contribution in [0.2, 0.25) is 0 Å². The van der Waals surface area contributed by atoms with Crippen LogP contribution >= 0.6 is 0 Å². The Bertz CT molecular complexity index is 1190. The van der Waals surface area contributed by atoms with Crippen molar-refractivity contribution in [2.24, 2.45) is 4.99 Å². The van der Waals surface area contributed by atoms with Gasteiger partial charge in [0.05, 0.1) is 17.5 Å². The quantitative estimate of drug-likeness (QED) is 0.693. The summed E-state index contributed by atoms with van der Waals surface area (Å²) in [6, 6.07) is 7.25. The van der Waals surface area contributed by atoms with Crippen LogP contribution in [0.1, 0.15) is 17.9 Å². The van der Waals surface area contributed by atoms with Gasteiger partial charge in [-0.1, -0.05) is 18.2 Å². The number of anilines is 2. The van der Waals surface area contributed by atoms with Crippen molar-refractivity contribution in [1.82, 2.24) is 14.9 Å². The van der Waals surface area contributed by atoms with Gasteiger partial charge >= 0.3 is 0 Å². The first-order valence-electron chi connectivity index (χ1n) is 10.2. The van der Waals surface area contributed by atoms with Crippen LogP contribution in [0.5, 0.6) is 5.75 Å². The number of fused-ring (bicyclic) bond motifs is 5. The molecule has 0 saturated carbocycles. The largest absolute Gasteiger partial charge is 0.465 e. The summed E-state index contributed by atoms with van der Waals surface area (Å²) in [4.78, 5) is 41.9. The summed E-state index contributed by atoms with van der Waals surface area (Å²) in [6.07, 6.45) is 13.7. The molecule has 1 aromatic carbocycles. The standard InChI is InChI=1S/C23H20N6O3/c30-19-7-2-1-3-12-32-17-6-4-5-16(13-17)24-14-18-20-21(27-23(18)31)25-15-26-22(20)29-10-8-28(19)9-11-29/h1-6,8,10,12-15,18H,7,9,11H2,(H,25,26,27,31). The molecule has 1 unspecified atom stereocenters. The maximum Gasteiger partial charge on any atom is 0.238 e. The first-order valence-corrected chi connectivity index (χ1v) is 10.2. The van der Waals surface area contributed by atoms with Crippen LogP contribution < -0.4 is 15.0 Å². The molecule has 6 rings (SSSR count). The highest BCUT2D eigenvalue weighted by Crippen LogP contribution is 2.37. The summed E-state index contributed by atoms with van der Waals surface area (Å²) in [5, 5.41) is 2.81. The number of allylic oxidation sites excluding steroid dienone is 2. The Kier molecular flexibility index (Phi) is 5.20. The maximum atomic E-state index is 12.7. The summed E-state index contributed by atoms with van der Waals surface area (Å²) in [5.41, 5.74) is 1.32. The predicted molar refractivity (Wildman–Crippen MR) is 120 cm³/mol. The molecule has 2 aromatic rings. The lowest BCUT2D eigenvalue weighted by Crippen LogP contribution is -2.38. The molecule has 0 spiro atoms. The Hall–Kier alpha value is -4.27. The minimum Gasteiger partial charge on any atom is -0.465 e. The Morgan fingerprint density at radius 2 is 1.94 bits per heavy atom. The number of benzene rings is 1. The molecule has 0 fully saturated rings. The molecule has 4 aliphatic heterocycles. The maximum absolute atomic E-state index is 12.7. The molecule has 1 N–H and O–H groups in total. The number of nitrogens with one attached hydrogen (secondary N) is 1. The number of amides is 2. The second-order valence-corrected chi connectivity index (χ2v) is 7.36. The van der Waals surface area contributed by atoms with Crippen molar-refractivity contribution in [3.63, 3.8) is 0 Å². The molecule has 9 nitrogen and oxygen atoms in total. The lowest BCUT2D eigenvalue weighted by molar-refractivity contribution is -0.127. The number of carbonyl (C=O) groups excluding carboxylic acids is 2.